The summed E-state index contributed by atoms with van der Waals surface area (Å²) in [4.78, 5) is 53.6. The zero-order valence-electron chi connectivity index (χ0n) is 33.4. The van der Waals surface area contributed by atoms with Crippen molar-refractivity contribution in [3.63, 3.8) is 0 Å². The molecular formula is C45H52N2O9S2. The van der Waals surface area contributed by atoms with Crippen molar-refractivity contribution in [2.24, 2.45) is 5.92 Å². The monoisotopic (exact) mass is 828 g/mol. The molecule has 4 aromatic rings. The first kappa shape index (κ1) is 42.9. The Labute approximate surface area is 345 Å². The number of ketones is 1. The number of nitrogens with zero attached hydrogens (tertiary/aromatic N) is 1. The molecule has 0 unspecified atom stereocenters. The molecule has 11 nitrogen and oxygen atoms in total. The summed E-state index contributed by atoms with van der Waals surface area (Å²) >= 11 is 1.51. The van der Waals surface area contributed by atoms with E-state index in [2.05, 4.69) is 5.32 Å². The molecule has 2 aliphatic carbocycles. The molecule has 0 atom stereocenters. The van der Waals surface area contributed by atoms with Crippen molar-refractivity contribution in [2.75, 3.05) is 39.8 Å². The smallest absolute Gasteiger partial charge is 0.337 e. The molecule has 1 fully saturated rings. The molecule has 0 radical (unpaired) electrons. The third-order valence-electron chi connectivity index (χ3n) is 11.2. The van der Waals surface area contributed by atoms with Crippen LogP contribution in [-0.4, -0.2) is 76.9 Å². The third kappa shape index (κ3) is 10.3. The highest BCUT2D eigenvalue weighted by atomic mass is 32.2. The average molecular weight is 829 g/mol. The highest BCUT2D eigenvalue weighted by molar-refractivity contribution is 7.89. The molecule has 1 saturated carbocycles. The van der Waals surface area contributed by atoms with Crippen LogP contribution in [-0.2, 0) is 61.1 Å². The number of fused-ring (bicyclic) bond motifs is 1. The summed E-state index contributed by atoms with van der Waals surface area (Å²) in [5.41, 5.74) is 5.27. The number of sulfonamides is 1. The van der Waals surface area contributed by atoms with Gasteiger partial charge in [0.1, 0.15) is 0 Å². The zero-order valence-corrected chi connectivity index (χ0v) is 35.1. The van der Waals surface area contributed by atoms with E-state index in [1.165, 1.54) is 49.1 Å². The summed E-state index contributed by atoms with van der Waals surface area (Å²) in [6.07, 6.45) is 8.27. The molecule has 308 valence electrons. The van der Waals surface area contributed by atoms with E-state index in [0.29, 0.717) is 47.4 Å². The Hall–Kier alpha value is -4.69. The van der Waals surface area contributed by atoms with Crippen LogP contribution in [0.1, 0.15) is 102 Å². The van der Waals surface area contributed by atoms with E-state index in [4.69, 9.17) is 14.2 Å². The Morgan fingerprint density at radius 3 is 2.14 bits per heavy atom. The number of thiophene rings is 1. The number of ether oxygens (including phenoxy) is 3. The van der Waals surface area contributed by atoms with E-state index < -0.39 is 10.0 Å². The third-order valence-corrected chi connectivity index (χ3v) is 14.5. The molecular weight excluding hydrogens is 777 g/mol. The van der Waals surface area contributed by atoms with Gasteiger partial charge in [-0.2, -0.15) is 4.31 Å². The fourth-order valence-corrected chi connectivity index (χ4v) is 11.1. The van der Waals surface area contributed by atoms with E-state index in [1.807, 2.05) is 36.4 Å². The standard InChI is InChI=1S/C45H52N2O9S2/c1-54-27-26-47(36-24-20-33(21-25-36)45(51)56-3)58(52,53)37-11-7-10-34(28-37)39(48)29-41-42(38-12-4-5-13-40(38)57-41)43(49)46-35-22-16-31(17-23-35)9-6-8-30-14-18-32(19-15-30)44(50)55-2/h7,10-11,14-19,22-23,28,33,36H,4-6,8-9,12-13,20-21,24-27,29H2,1-3H3,(H,46,49). The minimum atomic E-state index is -4.02. The predicted molar refractivity (Wildman–Crippen MR) is 223 cm³/mol. The number of amides is 1. The maximum atomic E-state index is 14.2. The van der Waals surface area contributed by atoms with Crippen molar-refractivity contribution >= 4 is 50.7 Å². The summed E-state index contributed by atoms with van der Waals surface area (Å²) in [5, 5.41) is 3.08. The van der Waals surface area contributed by atoms with Gasteiger partial charge in [0.25, 0.3) is 5.91 Å². The molecule has 2 aliphatic rings. The Bertz CT molecular complexity index is 2190. The van der Waals surface area contributed by atoms with E-state index >= 15 is 0 Å². The van der Waals surface area contributed by atoms with E-state index in [-0.39, 0.29) is 65.6 Å². The van der Waals surface area contributed by atoms with Gasteiger partial charge >= 0.3 is 11.9 Å². The van der Waals surface area contributed by atoms with Gasteiger partial charge in [0.2, 0.25) is 10.0 Å². The Morgan fingerprint density at radius 1 is 0.810 bits per heavy atom. The van der Waals surface area contributed by atoms with Crippen LogP contribution in [0.25, 0.3) is 0 Å². The van der Waals surface area contributed by atoms with Gasteiger partial charge in [-0.3, -0.25) is 14.4 Å². The highest BCUT2D eigenvalue weighted by Crippen LogP contribution is 2.37. The number of hydrogen-bond donors (Lipinski definition) is 1. The highest BCUT2D eigenvalue weighted by Gasteiger charge is 2.36. The molecule has 0 aliphatic heterocycles. The van der Waals surface area contributed by atoms with Crippen molar-refractivity contribution in [2.45, 2.75) is 88.0 Å². The lowest BCUT2D eigenvalue weighted by molar-refractivity contribution is -0.146. The van der Waals surface area contributed by atoms with E-state index in [0.717, 1.165) is 66.5 Å². The van der Waals surface area contributed by atoms with Crippen LogP contribution in [0.4, 0.5) is 5.69 Å². The minimum Gasteiger partial charge on any atom is -0.469 e. The summed E-state index contributed by atoms with van der Waals surface area (Å²) < 4.78 is 44.7. The minimum absolute atomic E-state index is 0.0192. The molecule has 0 saturated heterocycles. The number of methoxy groups -OCH3 is 3. The Balaban J connectivity index is 1.13. The second-order valence-electron chi connectivity index (χ2n) is 15.0. The van der Waals surface area contributed by atoms with Crippen molar-refractivity contribution < 1.29 is 41.8 Å². The quantitative estimate of drug-likeness (QED) is 0.0839. The molecule has 1 N–H and O–H groups in total. The van der Waals surface area contributed by atoms with Gasteiger partial charge in [0, 0.05) is 47.1 Å². The fraction of sp³-hybridized carbons (Fsp3) is 0.422. The van der Waals surface area contributed by atoms with Crippen LogP contribution in [0.3, 0.4) is 0 Å². The second-order valence-corrected chi connectivity index (χ2v) is 18.0. The zero-order chi connectivity index (χ0) is 41.2. The molecule has 0 spiro atoms. The van der Waals surface area contributed by atoms with Crippen LogP contribution >= 0.6 is 11.3 Å². The largest absolute Gasteiger partial charge is 0.469 e. The van der Waals surface area contributed by atoms with E-state index in [1.54, 1.807) is 24.3 Å². The van der Waals surface area contributed by atoms with Gasteiger partial charge in [-0.15, -0.1) is 11.3 Å². The number of aryl methyl sites for hydroxylation is 3. The lowest BCUT2D eigenvalue weighted by Gasteiger charge is -2.35. The first-order valence-electron chi connectivity index (χ1n) is 19.9. The van der Waals surface area contributed by atoms with Gasteiger partial charge in [-0.25, -0.2) is 13.2 Å². The summed E-state index contributed by atoms with van der Waals surface area (Å²) in [7, 11) is 0.232. The van der Waals surface area contributed by atoms with Crippen LogP contribution < -0.4 is 5.32 Å². The van der Waals surface area contributed by atoms with Crippen molar-refractivity contribution in [1.82, 2.24) is 4.31 Å². The van der Waals surface area contributed by atoms with Gasteiger partial charge < -0.3 is 19.5 Å². The summed E-state index contributed by atoms with van der Waals surface area (Å²) in [6, 6.07) is 21.1. The second kappa shape index (κ2) is 19.8. The maximum Gasteiger partial charge on any atom is 0.337 e. The predicted octanol–water partition coefficient (Wildman–Crippen LogP) is 7.64. The molecule has 6 rings (SSSR count). The molecule has 13 heteroatoms. The molecule has 0 bridgehead atoms. The lowest BCUT2D eigenvalue weighted by atomic mass is 9.86. The van der Waals surface area contributed by atoms with Crippen molar-refractivity contribution in [3.05, 3.63) is 116 Å². The van der Waals surface area contributed by atoms with Gasteiger partial charge in [0.05, 0.1) is 42.8 Å². The number of Topliss-reactive ketones (excluding diaryl/α,β-unsaturated/α-hetero) is 1. The van der Waals surface area contributed by atoms with Crippen LogP contribution in [0.2, 0.25) is 0 Å². The topological polar surface area (TPSA) is 145 Å². The number of esters is 2. The molecule has 3 aromatic carbocycles. The van der Waals surface area contributed by atoms with Gasteiger partial charge in [-0.1, -0.05) is 36.4 Å². The molecule has 1 amide bonds. The number of benzene rings is 3. The molecule has 58 heavy (non-hydrogen) atoms. The summed E-state index contributed by atoms with van der Waals surface area (Å²) in [5.74, 6) is -1.40. The number of hydrogen-bond acceptors (Lipinski definition) is 10. The SMILES string of the molecule is COCCN(C1CCC(C(=O)OC)CC1)S(=O)(=O)c1cccc(C(=O)Cc2sc3c(c2C(=O)Nc2ccc(CCCc4ccc(C(=O)OC)cc4)cc2)CCCC3)c1. The number of rotatable bonds is 17. The van der Waals surface area contributed by atoms with Crippen molar-refractivity contribution in [1.29, 1.82) is 0 Å². The first-order chi connectivity index (χ1) is 28.0. The number of carbonyl (C=O) groups excluding carboxylic acids is 4. The van der Waals surface area contributed by atoms with Crippen LogP contribution in [0.5, 0.6) is 0 Å². The Morgan fingerprint density at radius 2 is 1.48 bits per heavy atom. The number of anilines is 1. The van der Waals surface area contributed by atoms with E-state index in [9.17, 15) is 27.6 Å². The summed E-state index contributed by atoms with van der Waals surface area (Å²) in [6.45, 7) is 0.340. The number of carbonyl (C=O) groups is 4. The Kier molecular flexibility index (Phi) is 14.7. The van der Waals surface area contributed by atoms with Crippen LogP contribution in [0.15, 0.2) is 77.7 Å². The average Bonchev–Trinajstić information content (AvgIpc) is 3.62. The first-order valence-corrected chi connectivity index (χ1v) is 22.2. The lowest BCUT2D eigenvalue weighted by Crippen LogP contribution is -2.44. The fourth-order valence-electron chi connectivity index (χ4n) is 8.04. The molecule has 1 aromatic heterocycles. The maximum absolute atomic E-state index is 14.2. The van der Waals surface area contributed by atoms with Crippen molar-refractivity contribution in [3.8, 4) is 0 Å². The number of nitrogens with one attached hydrogen (secondary N) is 1. The van der Waals surface area contributed by atoms with Crippen LogP contribution in [0, 0.1) is 5.92 Å². The normalized spacial score (nSPS) is 16.7. The molecule has 1 heterocycles. The van der Waals surface area contributed by atoms with Gasteiger partial charge in [-0.05, 0) is 124 Å². The van der Waals surface area contributed by atoms with Gasteiger partial charge in [0.15, 0.2) is 5.78 Å².